The fourth-order valence-corrected chi connectivity index (χ4v) is 2.37. The highest BCUT2D eigenvalue weighted by Gasteiger charge is 2.32. The molecule has 0 saturated carbocycles. The van der Waals surface area contributed by atoms with Crippen LogP contribution < -0.4 is 0 Å². The topological polar surface area (TPSA) is 90.4 Å². The molecule has 1 saturated heterocycles. The molecule has 1 rings (SSSR count). The van der Waals surface area contributed by atoms with Gasteiger partial charge >= 0.3 is 17.8 Å². The number of aliphatic hydroxyl groups excluding tert-OH is 1. The minimum atomic E-state index is -0.781. The highest BCUT2D eigenvalue weighted by molar-refractivity contribution is 6.35. The fraction of sp³-hybridized carbons (Fsp3) is 0.688. The van der Waals surface area contributed by atoms with Gasteiger partial charge in [-0.25, -0.2) is 4.79 Å². The Kier molecular flexibility index (Phi) is 7.87. The number of amides is 2. The number of hydrogen-bond acceptors (Lipinski definition) is 6. The summed E-state index contributed by atoms with van der Waals surface area (Å²) in [7, 11) is 1.78. The van der Waals surface area contributed by atoms with E-state index >= 15 is 0 Å². The lowest BCUT2D eigenvalue weighted by Gasteiger charge is -2.34. The number of aliphatic hydroxyl groups is 1. The van der Waals surface area contributed by atoms with Gasteiger partial charge in [0.2, 0.25) is 0 Å². The highest BCUT2D eigenvalue weighted by atomic mass is 16.5. The van der Waals surface area contributed by atoms with Gasteiger partial charge in [-0.15, -0.1) is 0 Å². The third kappa shape index (κ3) is 5.93. The van der Waals surface area contributed by atoms with Gasteiger partial charge in [-0.05, 0) is 20.9 Å². The second-order valence-electron chi connectivity index (χ2n) is 5.97. The van der Waals surface area contributed by atoms with E-state index in [0.717, 1.165) is 0 Å². The first-order chi connectivity index (χ1) is 11.3. The summed E-state index contributed by atoms with van der Waals surface area (Å²) in [4.78, 5) is 39.7. The average molecular weight is 341 g/mol. The Balaban J connectivity index is 2.34. The normalized spacial score (nSPS) is 16.5. The van der Waals surface area contributed by atoms with E-state index in [1.54, 1.807) is 18.9 Å². The Hall–Kier alpha value is -1.93. The molecule has 1 fully saturated rings. The van der Waals surface area contributed by atoms with Gasteiger partial charge in [0.15, 0.2) is 0 Å². The molecular formula is C16H27N3O5. The second-order valence-corrected chi connectivity index (χ2v) is 5.97. The van der Waals surface area contributed by atoms with Crippen molar-refractivity contribution in [3.8, 4) is 0 Å². The molecule has 8 nitrogen and oxygen atoms in total. The number of carbonyl (C=O) groups excluding carboxylic acids is 3. The summed E-state index contributed by atoms with van der Waals surface area (Å²) in [6, 6.07) is 0. The van der Waals surface area contributed by atoms with Crippen LogP contribution >= 0.6 is 0 Å². The number of hydrogen-bond donors (Lipinski definition) is 1. The van der Waals surface area contributed by atoms with Gasteiger partial charge < -0.3 is 24.5 Å². The molecule has 136 valence electrons. The summed E-state index contributed by atoms with van der Waals surface area (Å²) >= 11 is 0. The number of piperazine rings is 1. The standard InChI is InChI=1S/C16H27N3O5/c1-5-18-6-7-19(15(22)14(18)21)11-13(20)10-17(4)8-9-24-16(23)12(2)3/h13,20H,2,5-11H2,1,3-4H3. The minimum Gasteiger partial charge on any atom is -0.461 e. The number of nitrogens with zero attached hydrogens (tertiary/aromatic N) is 3. The largest absolute Gasteiger partial charge is 0.461 e. The molecule has 0 aromatic heterocycles. The highest BCUT2D eigenvalue weighted by Crippen LogP contribution is 2.06. The van der Waals surface area contributed by atoms with Gasteiger partial charge in [-0.1, -0.05) is 6.58 Å². The fourth-order valence-electron chi connectivity index (χ4n) is 2.37. The SMILES string of the molecule is C=C(C)C(=O)OCCN(C)CC(O)CN1CCN(CC)C(=O)C1=O. The van der Waals surface area contributed by atoms with Crippen LogP contribution in [0.1, 0.15) is 13.8 Å². The van der Waals surface area contributed by atoms with Crippen LogP contribution in [0, 0.1) is 0 Å². The maximum Gasteiger partial charge on any atom is 0.333 e. The first-order valence-corrected chi connectivity index (χ1v) is 8.03. The molecule has 1 N–H and O–H groups in total. The average Bonchev–Trinajstić information content (AvgIpc) is 2.51. The zero-order valence-electron chi connectivity index (χ0n) is 14.7. The number of β-amino-alcohol motifs (C(OH)–C–C–N with tert-alkyl or cyclic N) is 1. The van der Waals surface area contributed by atoms with Crippen molar-refractivity contribution in [2.75, 3.05) is 52.9 Å². The predicted octanol–water partition coefficient (Wildman–Crippen LogP) is -0.911. The van der Waals surface area contributed by atoms with Gasteiger partial charge in [-0.2, -0.15) is 0 Å². The van der Waals surface area contributed by atoms with Crippen molar-refractivity contribution in [1.29, 1.82) is 0 Å². The third-order valence-corrected chi connectivity index (χ3v) is 3.79. The number of esters is 1. The lowest BCUT2D eigenvalue weighted by molar-refractivity contribution is -0.156. The predicted molar refractivity (Wildman–Crippen MR) is 88.1 cm³/mol. The summed E-state index contributed by atoms with van der Waals surface area (Å²) in [5.74, 6) is -1.53. The number of ether oxygens (including phenoxy) is 1. The maximum atomic E-state index is 12.0. The van der Waals surface area contributed by atoms with Crippen molar-refractivity contribution in [3.05, 3.63) is 12.2 Å². The molecule has 1 aliphatic heterocycles. The zero-order chi connectivity index (χ0) is 18.3. The van der Waals surface area contributed by atoms with Crippen LogP contribution in [0.25, 0.3) is 0 Å². The molecule has 0 aliphatic carbocycles. The molecule has 1 unspecified atom stereocenters. The second kappa shape index (κ2) is 9.39. The van der Waals surface area contributed by atoms with Crippen molar-refractivity contribution in [2.24, 2.45) is 0 Å². The Morgan fingerprint density at radius 3 is 2.50 bits per heavy atom. The van der Waals surface area contributed by atoms with E-state index in [4.69, 9.17) is 4.74 Å². The molecule has 1 aliphatic rings. The molecule has 0 bridgehead atoms. The van der Waals surface area contributed by atoms with Gasteiger partial charge in [0.25, 0.3) is 0 Å². The van der Waals surface area contributed by atoms with E-state index in [2.05, 4.69) is 6.58 Å². The number of likely N-dealkylation sites (N-methyl/N-ethyl adjacent to an activating group) is 2. The first-order valence-electron chi connectivity index (χ1n) is 8.03. The van der Waals surface area contributed by atoms with E-state index in [1.807, 2.05) is 6.92 Å². The Morgan fingerprint density at radius 2 is 1.92 bits per heavy atom. The molecule has 0 radical (unpaired) electrons. The van der Waals surface area contributed by atoms with Crippen molar-refractivity contribution in [2.45, 2.75) is 20.0 Å². The van der Waals surface area contributed by atoms with E-state index in [0.29, 0.717) is 38.3 Å². The molecule has 0 aromatic rings. The van der Waals surface area contributed by atoms with Gasteiger partial charge in [-0.3, -0.25) is 9.59 Å². The van der Waals surface area contributed by atoms with E-state index in [1.165, 1.54) is 9.80 Å². The Bertz CT molecular complexity index is 494. The molecule has 0 spiro atoms. The number of carbonyl (C=O) groups is 3. The molecule has 8 heteroatoms. The van der Waals surface area contributed by atoms with Crippen LogP contribution in [0.4, 0.5) is 0 Å². The number of rotatable bonds is 9. The maximum absolute atomic E-state index is 12.0. The van der Waals surface area contributed by atoms with Gasteiger partial charge in [0.05, 0.1) is 6.10 Å². The van der Waals surface area contributed by atoms with Crippen LogP contribution in [0.5, 0.6) is 0 Å². The monoisotopic (exact) mass is 341 g/mol. The van der Waals surface area contributed by atoms with Gasteiger partial charge in [0.1, 0.15) is 6.61 Å². The van der Waals surface area contributed by atoms with Crippen LogP contribution in [-0.2, 0) is 19.1 Å². The van der Waals surface area contributed by atoms with E-state index in [9.17, 15) is 19.5 Å². The smallest absolute Gasteiger partial charge is 0.333 e. The lowest BCUT2D eigenvalue weighted by atomic mass is 10.2. The molecule has 1 atom stereocenters. The quantitative estimate of drug-likeness (QED) is 0.332. The third-order valence-electron chi connectivity index (χ3n) is 3.79. The molecule has 24 heavy (non-hydrogen) atoms. The summed E-state index contributed by atoms with van der Waals surface area (Å²) in [6.45, 7) is 9.38. The van der Waals surface area contributed by atoms with Crippen LogP contribution in [0.3, 0.4) is 0 Å². The van der Waals surface area contributed by atoms with Crippen molar-refractivity contribution >= 4 is 17.8 Å². The summed E-state index contributed by atoms with van der Waals surface area (Å²) in [5, 5.41) is 10.1. The van der Waals surface area contributed by atoms with Crippen LogP contribution in [0.15, 0.2) is 12.2 Å². The first kappa shape index (κ1) is 20.1. The molecule has 2 amide bonds. The molecule has 1 heterocycles. The van der Waals surface area contributed by atoms with Crippen molar-refractivity contribution in [1.82, 2.24) is 14.7 Å². The van der Waals surface area contributed by atoms with Crippen LogP contribution in [-0.4, -0.2) is 96.6 Å². The zero-order valence-corrected chi connectivity index (χ0v) is 14.7. The van der Waals surface area contributed by atoms with Gasteiger partial charge in [0, 0.05) is 44.8 Å². The lowest BCUT2D eigenvalue weighted by Crippen LogP contribution is -2.56. The minimum absolute atomic E-state index is 0.109. The van der Waals surface area contributed by atoms with Crippen molar-refractivity contribution < 1.29 is 24.2 Å². The molecular weight excluding hydrogens is 314 g/mol. The summed E-state index contributed by atoms with van der Waals surface area (Å²) in [6.07, 6.45) is -0.781. The Labute approximate surface area is 142 Å². The summed E-state index contributed by atoms with van der Waals surface area (Å²) < 4.78 is 4.98. The summed E-state index contributed by atoms with van der Waals surface area (Å²) in [5.41, 5.74) is 0.340. The van der Waals surface area contributed by atoms with Crippen molar-refractivity contribution in [3.63, 3.8) is 0 Å². The van der Waals surface area contributed by atoms with Crippen LogP contribution in [0.2, 0.25) is 0 Å². The molecule has 0 aromatic carbocycles. The van der Waals surface area contributed by atoms with E-state index in [-0.39, 0.29) is 13.2 Å². The van der Waals surface area contributed by atoms with E-state index < -0.39 is 23.9 Å². The Morgan fingerprint density at radius 1 is 1.33 bits per heavy atom.